The summed E-state index contributed by atoms with van der Waals surface area (Å²) in [4.78, 5) is 12.0. The van der Waals surface area contributed by atoms with Crippen molar-refractivity contribution in [2.24, 2.45) is 0 Å². The standard InChI is InChI=1S/C20H20Cl2N2O6S2/c21-15-6-5-13(11-16(15)22)12-24-17-4-2-1-3-14(17)19(18(24)20(25)26)32(29,30)23-7-9-31(27,28)10-8-23/h1-6,11,27-28H,7-10,12H2,(H,25,26). The summed E-state index contributed by atoms with van der Waals surface area (Å²) in [6.45, 7) is -0.138. The van der Waals surface area contributed by atoms with Crippen molar-refractivity contribution in [2.75, 3.05) is 24.6 Å². The Balaban J connectivity index is 1.89. The summed E-state index contributed by atoms with van der Waals surface area (Å²) in [5.41, 5.74) is 0.726. The van der Waals surface area contributed by atoms with Gasteiger partial charge in [-0.15, -0.1) is 0 Å². The van der Waals surface area contributed by atoms with Gasteiger partial charge < -0.3 is 9.67 Å². The molecule has 0 radical (unpaired) electrons. The molecule has 4 rings (SSSR count). The fraction of sp³-hybridized carbons (Fsp3) is 0.250. The topological polar surface area (TPSA) is 120 Å². The molecule has 1 fully saturated rings. The number of nitrogens with zero attached hydrogens (tertiary/aromatic N) is 2. The molecule has 2 heterocycles. The second kappa shape index (κ2) is 8.53. The number of aromatic nitrogens is 1. The van der Waals surface area contributed by atoms with Crippen LogP contribution >= 0.6 is 33.8 Å². The first-order chi connectivity index (χ1) is 15.0. The molecule has 0 spiro atoms. The largest absolute Gasteiger partial charge is 0.477 e. The van der Waals surface area contributed by atoms with Crippen LogP contribution in [0.25, 0.3) is 10.9 Å². The molecule has 0 saturated carbocycles. The lowest BCUT2D eigenvalue weighted by molar-refractivity contribution is 0.0681. The predicted octanol–water partition coefficient (Wildman–Crippen LogP) is 4.45. The Hall–Kier alpha value is -1.79. The highest BCUT2D eigenvalue weighted by atomic mass is 35.5. The van der Waals surface area contributed by atoms with Crippen molar-refractivity contribution in [1.29, 1.82) is 0 Å². The number of para-hydroxylation sites is 1. The SMILES string of the molecule is O=C(O)c1c(S(=O)(=O)N2CCS(O)(O)CC2)c2ccccc2n1Cc1ccc(Cl)c(Cl)c1. The molecule has 0 bridgehead atoms. The number of benzene rings is 2. The van der Waals surface area contributed by atoms with E-state index >= 15 is 0 Å². The number of hydrogen-bond acceptors (Lipinski definition) is 5. The van der Waals surface area contributed by atoms with E-state index < -0.39 is 26.6 Å². The molecule has 1 saturated heterocycles. The van der Waals surface area contributed by atoms with Crippen LogP contribution in [0.5, 0.6) is 0 Å². The van der Waals surface area contributed by atoms with Gasteiger partial charge in [0.2, 0.25) is 10.0 Å². The van der Waals surface area contributed by atoms with Crippen LogP contribution in [0.4, 0.5) is 0 Å². The highest BCUT2D eigenvalue weighted by Crippen LogP contribution is 2.42. The summed E-state index contributed by atoms with van der Waals surface area (Å²) in [6.07, 6.45) is 0. The summed E-state index contributed by atoms with van der Waals surface area (Å²) in [7, 11) is -7.05. The lowest BCUT2D eigenvalue weighted by Crippen LogP contribution is -2.42. The summed E-state index contributed by atoms with van der Waals surface area (Å²) in [5, 5.41) is 11.0. The Bertz CT molecular complexity index is 1310. The normalized spacial score (nSPS) is 18.0. The molecule has 0 unspecified atom stereocenters. The number of hydrogen-bond donors (Lipinski definition) is 3. The van der Waals surface area contributed by atoms with Crippen LogP contribution in [-0.4, -0.2) is 62.1 Å². The van der Waals surface area contributed by atoms with Crippen LogP contribution in [0, 0.1) is 0 Å². The van der Waals surface area contributed by atoms with E-state index in [-0.39, 0.29) is 47.1 Å². The minimum absolute atomic E-state index is 0.0646. The third-order valence-corrected chi connectivity index (χ3v) is 9.77. The Morgan fingerprint density at radius 3 is 2.31 bits per heavy atom. The minimum Gasteiger partial charge on any atom is -0.477 e. The van der Waals surface area contributed by atoms with Gasteiger partial charge in [-0.2, -0.15) is 14.9 Å². The number of aromatic carboxylic acids is 1. The number of halogens is 2. The van der Waals surface area contributed by atoms with Gasteiger partial charge >= 0.3 is 5.97 Å². The second-order valence-electron chi connectivity index (χ2n) is 7.45. The lowest BCUT2D eigenvalue weighted by atomic mass is 10.2. The van der Waals surface area contributed by atoms with Gasteiger partial charge in [-0.1, -0.05) is 47.5 Å². The highest BCUT2D eigenvalue weighted by Gasteiger charge is 2.37. The lowest BCUT2D eigenvalue weighted by Gasteiger charge is -2.40. The number of carbonyl (C=O) groups is 1. The van der Waals surface area contributed by atoms with Gasteiger partial charge in [-0.25, -0.2) is 13.2 Å². The van der Waals surface area contributed by atoms with Crippen molar-refractivity contribution >= 4 is 60.7 Å². The maximum atomic E-state index is 13.6. The van der Waals surface area contributed by atoms with Gasteiger partial charge in [-0.3, -0.25) is 9.11 Å². The number of sulfonamides is 1. The minimum atomic E-state index is -4.23. The van der Waals surface area contributed by atoms with E-state index in [1.54, 1.807) is 42.5 Å². The molecular formula is C20H20Cl2N2O6S2. The van der Waals surface area contributed by atoms with Crippen LogP contribution in [0.2, 0.25) is 10.0 Å². The van der Waals surface area contributed by atoms with Gasteiger partial charge in [0.15, 0.2) is 0 Å². The third kappa shape index (κ3) is 4.24. The van der Waals surface area contributed by atoms with Crippen LogP contribution in [0.3, 0.4) is 0 Å². The monoisotopic (exact) mass is 518 g/mol. The first-order valence-corrected chi connectivity index (χ1v) is 13.6. The zero-order valence-corrected chi connectivity index (χ0v) is 19.8. The third-order valence-electron chi connectivity index (χ3n) is 5.38. The predicted molar refractivity (Wildman–Crippen MR) is 126 cm³/mol. The molecular weight excluding hydrogens is 499 g/mol. The van der Waals surface area contributed by atoms with Gasteiger partial charge in [0.1, 0.15) is 10.6 Å². The second-order valence-corrected chi connectivity index (χ2v) is 12.6. The molecule has 8 nitrogen and oxygen atoms in total. The molecule has 2 aromatic carbocycles. The van der Waals surface area contributed by atoms with Crippen LogP contribution < -0.4 is 0 Å². The summed E-state index contributed by atoms with van der Waals surface area (Å²) in [5.74, 6) is -1.56. The fourth-order valence-corrected chi connectivity index (χ4v) is 7.40. The first-order valence-electron chi connectivity index (χ1n) is 9.53. The Morgan fingerprint density at radius 1 is 1.03 bits per heavy atom. The van der Waals surface area contributed by atoms with Gasteiger partial charge in [0, 0.05) is 25.0 Å². The van der Waals surface area contributed by atoms with Crippen molar-refractivity contribution in [3.63, 3.8) is 0 Å². The highest BCUT2D eigenvalue weighted by molar-refractivity contribution is 8.24. The van der Waals surface area contributed by atoms with Crippen molar-refractivity contribution in [3.05, 3.63) is 63.8 Å². The smallest absolute Gasteiger partial charge is 0.353 e. The number of carboxylic acids is 1. The van der Waals surface area contributed by atoms with Crippen molar-refractivity contribution in [1.82, 2.24) is 8.87 Å². The summed E-state index contributed by atoms with van der Waals surface area (Å²) in [6, 6.07) is 11.5. The van der Waals surface area contributed by atoms with Crippen molar-refractivity contribution in [3.8, 4) is 0 Å². The Morgan fingerprint density at radius 2 is 1.69 bits per heavy atom. The molecule has 1 aromatic heterocycles. The molecule has 32 heavy (non-hydrogen) atoms. The molecule has 0 atom stereocenters. The van der Waals surface area contributed by atoms with Crippen molar-refractivity contribution < 1.29 is 27.4 Å². The van der Waals surface area contributed by atoms with Gasteiger partial charge in [-0.05, 0) is 23.8 Å². The molecule has 1 aliphatic heterocycles. The molecule has 3 aromatic rings. The van der Waals surface area contributed by atoms with Crippen LogP contribution in [0.1, 0.15) is 16.1 Å². The number of carboxylic acid groups (broad SMARTS) is 1. The maximum absolute atomic E-state index is 13.6. The number of fused-ring (bicyclic) bond motifs is 1. The molecule has 0 amide bonds. The Kier molecular flexibility index (Phi) is 6.23. The van der Waals surface area contributed by atoms with E-state index in [2.05, 4.69) is 0 Å². The fourth-order valence-electron chi connectivity index (χ4n) is 3.81. The van der Waals surface area contributed by atoms with Gasteiger partial charge in [0.25, 0.3) is 0 Å². The zero-order valence-electron chi connectivity index (χ0n) is 16.6. The van der Waals surface area contributed by atoms with E-state index in [1.807, 2.05) is 0 Å². The maximum Gasteiger partial charge on any atom is 0.353 e. The molecule has 3 N–H and O–H groups in total. The van der Waals surface area contributed by atoms with E-state index in [9.17, 15) is 27.4 Å². The molecule has 1 aliphatic rings. The molecule has 0 aliphatic carbocycles. The van der Waals surface area contributed by atoms with E-state index in [1.165, 1.54) is 4.57 Å². The average molecular weight is 519 g/mol. The molecule has 12 heteroatoms. The zero-order chi connectivity index (χ0) is 23.3. The van der Waals surface area contributed by atoms with E-state index in [4.69, 9.17) is 23.2 Å². The van der Waals surface area contributed by atoms with Crippen LogP contribution in [0.15, 0.2) is 47.4 Å². The van der Waals surface area contributed by atoms with Crippen molar-refractivity contribution in [2.45, 2.75) is 11.4 Å². The van der Waals surface area contributed by atoms with Crippen LogP contribution in [-0.2, 0) is 16.6 Å². The Labute approximate surface area is 196 Å². The number of rotatable bonds is 5. The summed E-state index contributed by atoms with van der Waals surface area (Å²) >= 11 is 12.1. The quantitative estimate of drug-likeness (QED) is 0.458. The van der Waals surface area contributed by atoms with E-state index in [0.717, 1.165) is 4.31 Å². The van der Waals surface area contributed by atoms with Gasteiger partial charge in [0.05, 0.1) is 27.1 Å². The average Bonchev–Trinajstić information content (AvgIpc) is 3.06. The molecule has 172 valence electrons. The van der Waals surface area contributed by atoms with E-state index in [0.29, 0.717) is 21.1 Å². The first kappa shape index (κ1) is 23.4. The summed E-state index contributed by atoms with van der Waals surface area (Å²) < 4.78 is 49.4.